The molecule has 0 saturated carbocycles. The molecule has 1 saturated heterocycles. The number of hydrogen-bond donors (Lipinski definition) is 0. The van der Waals surface area contributed by atoms with Crippen molar-refractivity contribution in [2.45, 2.75) is 26.8 Å². The van der Waals surface area contributed by atoms with Crippen molar-refractivity contribution in [1.82, 2.24) is 9.80 Å². The first kappa shape index (κ1) is 19.2. The Morgan fingerprint density at radius 1 is 1.16 bits per heavy atom. The van der Waals surface area contributed by atoms with Gasteiger partial charge in [-0.25, -0.2) is 8.42 Å². The number of carbonyl (C=O) groups excluding carboxylic acids is 2. The monoisotopic (exact) mass is 367 g/mol. The minimum absolute atomic E-state index is 0.255. The Labute approximate surface area is 149 Å². The molecule has 0 aliphatic carbocycles. The van der Waals surface area contributed by atoms with Crippen LogP contribution in [0.15, 0.2) is 18.2 Å². The van der Waals surface area contributed by atoms with E-state index in [1.807, 2.05) is 19.9 Å². The highest BCUT2D eigenvalue weighted by Gasteiger charge is 2.33. The molecule has 1 aliphatic rings. The van der Waals surface area contributed by atoms with E-state index in [0.29, 0.717) is 31.9 Å². The van der Waals surface area contributed by atoms with Gasteiger partial charge in [-0.05, 0) is 44.0 Å². The van der Waals surface area contributed by atoms with E-state index in [1.54, 1.807) is 28.9 Å². The van der Waals surface area contributed by atoms with Gasteiger partial charge in [0.15, 0.2) is 0 Å². The van der Waals surface area contributed by atoms with Crippen LogP contribution >= 0.6 is 0 Å². The number of amides is 2. The molecule has 0 N–H and O–H groups in total. The standard InChI is InChI=1S/C17H25N3O4S/c1-13-5-6-16(11-14(13)2)20(25(4,23)24)15(3)17(22)19-9-7-18(12-21)8-10-19/h5-6,11-12,15H,7-10H2,1-4H3/t15-/m1/s1. The van der Waals surface area contributed by atoms with E-state index in [0.717, 1.165) is 23.8 Å². The second-order valence-corrected chi connectivity index (χ2v) is 8.33. The number of rotatable bonds is 5. The molecule has 25 heavy (non-hydrogen) atoms. The molecule has 0 radical (unpaired) electrons. The lowest BCUT2D eigenvalue weighted by atomic mass is 10.1. The molecule has 1 atom stereocenters. The zero-order valence-corrected chi connectivity index (χ0v) is 15.9. The minimum Gasteiger partial charge on any atom is -0.342 e. The number of aryl methyl sites for hydroxylation is 2. The molecular weight excluding hydrogens is 342 g/mol. The van der Waals surface area contributed by atoms with Gasteiger partial charge in [0.1, 0.15) is 6.04 Å². The van der Waals surface area contributed by atoms with Gasteiger partial charge in [0.25, 0.3) is 0 Å². The van der Waals surface area contributed by atoms with Crippen molar-refractivity contribution in [3.8, 4) is 0 Å². The van der Waals surface area contributed by atoms with Crippen molar-refractivity contribution in [2.75, 3.05) is 36.7 Å². The molecule has 1 heterocycles. The van der Waals surface area contributed by atoms with E-state index in [1.165, 1.54) is 4.31 Å². The van der Waals surface area contributed by atoms with E-state index in [4.69, 9.17) is 0 Å². The molecule has 0 aromatic heterocycles. The quantitative estimate of drug-likeness (QED) is 0.720. The normalized spacial score (nSPS) is 16.5. The van der Waals surface area contributed by atoms with Gasteiger partial charge in [0.05, 0.1) is 11.9 Å². The molecule has 1 aromatic rings. The third-order valence-corrected chi connectivity index (χ3v) is 5.83. The smallest absolute Gasteiger partial charge is 0.246 e. The number of benzene rings is 1. The fourth-order valence-corrected chi connectivity index (χ4v) is 4.14. The van der Waals surface area contributed by atoms with E-state index in [9.17, 15) is 18.0 Å². The molecule has 0 bridgehead atoms. The summed E-state index contributed by atoms with van der Waals surface area (Å²) in [5.41, 5.74) is 2.50. The van der Waals surface area contributed by atoms with Crippen molar-refractivity contribution < 1.29 is 18.0 Å². The number of hydrogen-bond acceptors (Lipinski definition) is 4. The van der Waals surface area contributed by atoms with Crippen LogP contribution in [0.2, 0.25) is 0 Å². The molecule has 0 spiro atoms. The van der Waals surface area contributed by atoms with Crippen LogP contribution in [-0.2, 0) is 19.6 Å². The zero-order valence-electron chi connectivity index (χ0n) is 15.1. The first-order chi connectivity index (χ1) is 11.6. The Bertz CT molecular complexity index is 755. The van der Waals surface area contributed by atoms with Crippen LogP contribution in [0.5, 0.6) is 0 Å². The van der Waals surface area contributed by atoms with Crippen molar-refractivity contribution in [3.63, 3.8) is 0 Å². The average Bonchev–Trinajstić information content (AvgIpc) is 2.56. The maximum Gasteiger partial charge on any atom is 0.246 e. The van der Waals surface area contributed by atoms with Crippen molar-refractivity contribution in [3.05, 3.63) is 29.3 Å². The second-order valence-electron chi connectivity index (χ2n) is 6.47. The average molecular weight is 367 g/mol. The van der Waals surface area contributed by atoms with E-state index in [-0.39, 0.29) is 5.91 Å². The van der Waals surface area contributed by atoms with Crippen molar-refractivity contribution in [2.24, 2.45) is 0 Å². The van der Waals surface area contributed by atoms with Crippen LogP contribution < -0.4 is 4.31 Å². The third kappa shape index (κ3) is 4.31. The highest BCUT2D eigenvalue weighted by atomic mass is 32.2. The van der Waals surface area contributed by atoms with E-state index in [2.05, 4.69) is 0 Å². The Hall–Kier alpha value is -2.09. The summed E-state index contributed by atoms with van der Waals surface area (Å²) in [6.07, 6.45) is 1.87. The third-order valence-electron chi connectivity index (χ3n) is 4.59. The van der Waals surface area contributed by atoms with Crippen LogP contribution in [0.4, 0.5) is 5.69 Å². The summed E-state index contributed by atoms with van der Waals surface area (Å²) in [6, 6.07) is 4.50. The molecule has 1 fully saturated rings. The maximum absolute atomic E-state index is 12.8. The lowest BCUT2D eigenvalue weighted by molar-refractivity contribution is -0.135. The predicted molar refractivity (Wildman–Crippen MR) is 96.9 cm³/mol. The van der Waals surface area contributed by atoms with Crippen LogP contribution in [0.25, 0.3) is 0 Å². The first-order valence-corrected chi connectivity index (χ1v) is 10.0. The molecule has 1 aliphatic heterocycles. The SMILES string of the molecule is Cc1ccc(N([C@H](C)C(=O)N2CCN(C=O)CC2)S(C)(=O)=O)cc1C. The van der Waals surface area contributed by atoms with Gasteiger partial charge in [-0.3, -0.25) is 13.9 Å². The number of piperazine rings is 1. The highest BCUT2D eigenvalue weighted by Crippen LogP contribution is 2.24. The van der Waals surface area contributed by atoms with Gasteiger partial charge >= 0.3 is 0 Å². The Morgan fingerprint density at radius 2 is 1.76 bits per heavy atom. The van der Waals surface area contributed by atoms with Crippen LogP contribution in [0.3, 0.4) is 0 Å². The van der Waals surface area contributed by atoms with Crippen LogP contribution in [0, 0.1) is 13.8 Å². The molecule has 2 amide bonds. The summed E-state index contributed by atoms with van der Waals surface area (Å²) in [5, 5.41) is 0. The van der Waals surface area contributed by atoms with Crippen molar-refractivity contribution in [1.29, 1.82) is 0 Å². The largest absolute Gasteiger partial charge is 0.342 e. The fourth-order valence-electron chi connectivity index (χ4n) is 2.98. The highest BCUT2D eigenvalue weighted by molar-refractivity contribution is 7.92. The number of carbonyl (C=O) groups is 2. The molecule has 2 rings (SSSR count). The van der Waals surface area contributed by atoms with Gasteiger partial charge in [-0.15, -0.1) is 0 Å². The lowest BCUT2D eigenvalue weighted by Gasteiger charge is -2.37. The van der Waals surface area contributed by atoms with Gasteiger partial charge in [-0.1, -0.05) is 6.07 Å². The molecule has 8 heteroatoms. The summed E-state index contributed by atoms with van der Waals surface area (Å²) in [6.45, 7) is 7.20. The van der Waals surface area contributed by atoms with Gasteiger partial charge in [0.2, 0.25) is 22.3 Å². The Kier molecular flexibility index (Phi) is 5.72. The summed E-state index contributed by atoms with van der Waals surface area (Å²) >= 11 is 0. The number of sulfonamides is 1. The molecular formula is C17H25N3O4S. The number of nitrogens with zero attached hydrogens (tertiary/aromatic N) is 3. The molecule has 1 aromatic carbocycles. The molecule has 7 nitrogen and oxygen atoms in total. The van der Waals surface area contributed by atoms with Gasteiger partial charge in [-0.2, -0.15) is 0 Å². The second kappa shape index (κ2) is 7.43. The van der Waals surface area contributed by atoms with Crippen molar-refractivity contribution >= 4 is 28.0 Å². The number of anilines is 1. The van der Waals surface area contributed by atoms with Crippen LogP contribution in [0.1, 0.15) is 18.1 Å². The fraction of sp³-hybridized carbons (Fsp3) is 0.529. The Balaban J connectivity index is 2.27. The first-order valence-electron chi connectivity index (χ1n) is 8.20. The lowest BCUT2D eigenvalue weighted by Crippen LogP contribution is -2.55. The van der Waals surface area contributed by atoms with Gasteiger partial charge < -0.3 is 9.80 Å². The van der Waals surface area contributed by atoms with E-state index >= 15 is 0 Å². The van der Waals surface area contributed by atoms with Gasteiger partial charge in [0, 0.05) is 26.2 Å². The van der Waals surface area contributed by atoms with E-state index < -0.39 is 16.1 Å². The maximum atomic E-state index is 12.8. The molecule has 138 valence electrons. The summed E-state index contributed by atoms with van der Waals surface area (Å²) in [5.74, 6) is -0.255. The summed E-state index contributed by atoms with van der Waals surface area (Å²) in [4.78, 5) is 26.8. The Morgan fingerprint density at radius 3 is 2.24 bits per heavy atom. The summed E-state index contributed by atoms with van der Waals surface area (Å²) < 4.78 is 25.9. The molecule has 0 unspecified atom stereocenters. The summed E-state index contributed by atoms with van der Waals surface area (Å²) in [7, 11) is -3.63. The van der Waals surface area contributed by atoms with Crippen LogP contribution in [-0.4, -0.2) is 69.0 Å². The predicted octanol–water partition coefficient (Wildman–Crippen LogP) is 0.759. The zero-order chi connectivity index (χ0) is 18.8. The topological polar surface area (TPSA) is 78.0 Å². The minimum atomic E-state index is -3.63.